The molecule has 7 heteroatoms. The summed E-state index contributed by atoms with van der Waals surface area (Å²) in [7, 11) is 1.60. The summed E-state index contributed by atoms with van der Waals surface area (Å²) >= 11 is 3.41. The highest BCUT2D eigenvalue weighted by molar-refractivity contribution is 9.10. The van der Waals surface area contributed by atoms with E-state index in [-0.39, 0.29) is 17.9 Å². The second kappa shape index (κ2) is 8.90. The van der Waals surface area contributed by atoms with Crippen LogP contribution in [0.1, 0.15) is 29.0 Å². The maximum atomic E-state index is 12.3. The third-order valence-electron chi connectivity index (χ3n) is 4.47. The lowest BCUT2D eigenvalue weighted by molar-refractivity contribution is -0.117. The van der Waals surface area contributed by atoms with Crippen molar-refractivity contribution in [1.29, 1.82) is 0 Å². The summed E-state index contributed by atoms with van der Waals surface area (Å²) in [5, 5.41) is 3.00. The Morgan fingerprint density at radius 1 is 1.30 bits per heavy atom. The molecule has 1 saturated heterocycles. The average molecular weight is 433 g/mol. The number of amides is 2. The monoisotopic (exact) mass is 432 g/mol. The van der Waals surface area contributed by atoms with Gasteiger partial charge in [-0.3, -0.25) is 9.59 Å². The number of hydrogen-bond acceptors (Lipinski definition) is 4. The maximum Gasteiger partial charge on any atom is 0.289 e. The lowest BCUT2D eigenvalue weighted by atomic mass is 10.0. The summed E-state index contributed by atoms with van der Waals surface area (Å²) < 4.78 is 11.4. The normalized spacial score (nSPS) is 15.1. The van der Waals surface area contributed by atoms with Crippen LogP contribution in [0.5, 0.6) is 5.75 Å². The molecule has 0 aliphatic carbocycles. The Kier molecular flexibility index (Phi) is 6.34. The van der Waals surface area contributed by atoms with Gasteiger partial charge in [0, 0.05) is 35.2 Å². The van der Waals surface area contributed by atoms with Gasteiger partial charge >= 0.3 is 0 Å². The maximum absolute atomic E-state index is 12.3. The fraction of sp³-hybridized carbons (Fsp3) is 0.300. The van der Waals surface area contributed by atoms with Crippen LogP contribution in [0.15, 0.2) is 51.6 Å². The molecule has 1 aromatic heterocycles. The van der Waals surface area contributed by atoms with Crippen LogP contribution >= 0.6 is 15.9 Å². The van der Waals surface area contributed by atoms with Crippen molar-refractivity contribution >= 4 is 33.8 Å². The third-order valence-corrected chi connectivity index (χ3v) is 4.96. The highest BCUT2D eigenvalue weighted by atomic mass is 79.9. The molecule has 0 unspecified atom stereocenters. The SMILES string of the molecule is COc1ccc(Br)cc1/C=C/C(=O)NC1CCN(C(=O)c2ccco2)CC1. The zero-order valence-corrected chi connectivity index (χ0v) is 16.6. The van der Waals surface area contributed by atoms with Gasteiger partial charge in [-0.1, -0.05) is 15.9 Å². The molecule has 0 spiro atoms. The van der Waals surface area contributed by atoms with E-state index in [1.807, 2.05) is 18.2 Å². The van der Waals surface area contributed by atoms with Crippen molar-refractivity contribution in [3.63, 3.8) is 0 Å². The Bertz CT molecular complexity index is 825. The molecule has 2 aromatic rings. The van der Waals surface area contributed by atoms with E-state index in [4.69, 9.17) is 9.15 Å². The van der Waals surface area contributed by atoms with Crippen LogP contribution < -0.4 is 10.1 Å². The van der Waals surface area contributed by atoms with Gasteiger partial charge in [-0.05, 0) is 49.2 Å². The second-order valence-corrected chi connectivity index (χ2v) is 7.19. The van der Waals surface area contributed by atoms with Gasteiger partial charge < -0.3 is 19.4 Å². The minimum atomic E-state index is -0.159. The second-order valence-electron chi connectivity index (χ2n) is 6.27. The zero-order chi connectivity index (χ0) is 19.2. The predicted molar refractivity (Wildman–Crippen MR) is 106 cm³/mol. The molecule has 0 radical (unpaired) electrons. The average Bonchev–Trinajstić information content (AvgIpc) is 3.21. The van der Waals surface area contributed by atoms with E-state index in [0.717, 1.165) is 10.0 Å². The molecule has 2 amide bonds. The van der Waals surface area contributed by atoms with Crippen LogP contribution in [-0.4, -0.2) is 43.0 Å². The number of likely N-dealkylation sites (tertiary alicyclic amines) is 1. The van der Waals surface area contributed by atoms with Gasteiger partial charge in [0.2, 0.25) is 5.91 Å². The summed E-state index contributed by atoms with van der Waals surface area (Å²) in [6.07, 6.45) is 6.16. The zero-order valence-electron chi connectivity index (χ0n) is 15.0. The molecule has 0 saturated carbocycles. The number of methoxy groups -OCH3 is 1. The third kappa shape index (κ3) is 5.01. The number of rotatable bonds is 5. The number of halogens is 1. The van der Waals surface area contributed by atoms with Crippen molar-refractivity contribution in [1.82, 2.24) is 10.2 Å². The Morgan fingerprint density at radius 2 is 2.07 bits per heavy atom. The van der Waals surface area contributed by atoms with Crippen LogP contribution in [0.2, 0.25) is 0 Å². The fourth-order valence-electron chi connectivity index (χ4n) is 3.03. The van der Waals surface area contributed by atoms with Crippen molar-refractivity contribution in [2.24, 2.45) is 0 Å². The summed E-state index contributed by atoms with van der Waals surface area (Å²) in [6, 6.07) is 9.03. The van der Waals surface area contributed by atoms with Gasteiger partial charge in [0.15, 0.2) is 5.76 Å². The first-order chi connectivity index (χ1) is 13.1. The van der Waals surface area contributed by atoms with E-state index >= 15 is 0 Å². The largest absolute Gasteiger partial charge is 0.496 e. The quantitative estimate of drug-likeness (QED) is 0.733. The Hall–Kier alpha value is -2.54. The van der Waals surface area contributed by atoms with Gasteiger partial charge in [-0.2, -0.15) is 0 Å². The molecule has 1 N–H and O–H groups in total. The molecule has 27 heavy (non-hydrogen) atoms. The van der Waals surface area contributed by atoms with E-state index in [1.54, 1.807) is 30.2 Å². The number of ether oxygens (including phenoxy) is 1. The predicted octanol–water partition coefficient (Wildman–Crippen LogP) is 3.48. The first-order valence-corrected chi connectivity index (χ1v) is 9.51. The molecule has 0 atom stereocenters. The van der Waals surface area contributed by atoms with Crippen molar-refractivity contribution in [2.45, 2.75) is 18.9 Å². The van der Waals surface area contributed by atoms with Crippen molar-refractivity contribution in [3.8, 4) is 5.75 Å². The fourth-order valence-corrected chi connectivity index (χ4v) is 3.41. The molecular weight excluding hydrogens is 412 g/mol. The molecule has 1 aromatic carbocycles. The number of carbonyl (C=O) groups is 2. The first-order valence-electron chi connectivity index (χ1n) is 8.71. The highest BCUT2D eigenvalue weighted by Gasteiger charge is 2.25. The van der Waals surface area contributed by atoms with Crippen LogP contribution in [0.3, 0.4) is 0 Å². The van der Waals surface area contributed by atoms with Crippen molar-refractivity contribution in [2.75, 3.05) is 20.2 Å². The molecule has 1 fully saturated rings. The van der Waals surface area contributed by atoms with Gasteiger partial charge in [-0.15, -0.1) is 0 Å². The van der Waals surface area contributed by atoms with Crippen LogP contribution in [0, 0.1) is 0 Å². The van der Waals surface area contributed by atoms with Gasteiger partial charge in [-0.25, -0.2) is 0 Å². The van der Waals surface area contributed by atoms with E-state index in [9.17, 15) is 9.59 Å². The van der Waals surface area contributed by atoms with E-state index in [1.165, 1.54) is 12.3 Å². The standard InChI is InChI=1S/C20H21BrN2O4/c1-26-17-6-5-15(21)13-14(17)4-7-19(24)22-16-8-10-23(11-9-16)20(25)18-3-2-12-27-18/h2-7,12-13,16H,8-11H2,1H3,(H,22,24)/b7-4+. The van der Waals surface area contributed by atoms with Crippen molar-refractivity contribution < 1.29 is 18.7 Å². The van der Waals surface area contributed by atoms with Gasteiger partial charge in [0.05, 0.1) is 13.4 Å². The first kappa shape index (κ1) is 19.2. The lowest BCUT2D eigenvalue weighted by Crippen LogP contribution is -2.46. The number of benzene rings is 1. The molecule has 142 valence electrons. The van der Waals surface area contributed by atoms with E-state index in [2.05, 4.69) is 21.2 Å². The Labute approximate surface area is 166 Å². The number of piperidine rings is 1. The lowest BCUT2D eigenvalue weighted by Gasteiger charge is -2.31. The number of hydrogen-bond donors (Lipinski definition) is 1. The minimum absolute atomic E-state index is 0.0483. The molecule has 1 aliphatic rings. The number of nitrogens with one attached hydrogen (secondary N) is 1. The Morgan fingerprint density at radius 3 is 2.74 bits per heavy atom. The molecule has 0 bridgehead atoms. The van der Waals surface area contributed by atoms with Gasteiger partial charge in [0.1, 0.15) is 5.75 Å². The number of nitrogens with zero attached hydrogens (tertiary/aromatic N) is 1. The number of furan rings is 1. The summed E-state index contributed by atoms with van der Waals surface area (Å²) in [5.74, 6) is 0.787. The number of carbonyl (C=O) groups excluding carboxylic acids is 2. The highest BCUT2D eigenvalue weighted by Crippen LogP contribution is 2.24. The van der Waals surface area contributed by atoms with E-state index in [0.29, 0.717) is 37.4 Å². The molecule has 1 aliphatic heterocycles. The summed E-state index contributed by atoms with van der Waals surface area (Å²) in [5.41, 5.74) is 0.820. The van der Waals surface area contributed by atoms with Crippen LogP contribution in [0.4, 0.5) is 0 Å². The smallest absolute Gasteiger partial charge is 0.289 e. The minimum Gasteiger partial charge on any atom is -0.496 e. The topological polar surface area (TPSA) is 71.8 Å². The Balaban J connectivity index is 1.51. The molecular formula is C20H21BrN2O4. The molecule has 3 rings (SSSR count). The van der Waals surface area contributed by atoms with E-state index < -0.39 is 0 Å². The summed E-state index contributed by atoms with van der Waals surface area (Å²) in [4.78, 5) is 26.2. The summed E-state index contributed by atoms with van der Waals surface area (Å²) in [6.45, 7) is 1.18. The molecule has 2 heterocycles. The van der Waals surface area contributed by atoms with Crippen LogP contribution in [-0.2, 0) is 4.79 Å². The van der Waals surface area contributed by atoms with Crippen molar-refractivity contribution in [3.05, 3.63) is 58.5 Å². The molecule has 6 nitrogen and oxygen atoms in total. The van der Waals surface area contributed by atoms with Gasteiger partial charge in [0.25, 0.3) is 5.91 Å². The van der Waals surface area contributed by atoms with Crippen LogP contribution in [0.25, 0.3) is 6.08 Å².